The molecule has 2 aromatic carbocycles. The molecular formula is C32H40F5N3O6. The van der Waals surface area contributed by atoms with E-state index in [1.807, 2.05) is 25.1 Å². The Balaban J connectivity index is 1.89. The first-order chi connectivity index (χ1) is 21.7. The van der Waals surface area contributed by atoms with Gasteiger partial charge in [0.2, 0.25) is 5.91 Å². The molecule has 3 rings (SSSR count). The molecule has 9 nitrogen and oxygen atoms in total. The minimum absolute atomic E-state index is 0.0134. The third-order valence-corrected chi connectivity index (χ3v) is 7.20. The Morgan fingerprint density at radius 3 is 2.30 bits per heavy atom. The van der Waals surface area contributed by atoms with E-state index in [0.717, 1.165) is 29.7 Å². The average Bonchev–Trinajstić information content (AvgIpc) is 3.47. The third-order valence-electron chi connectivity index (χ3n) is 7.20. The highest BCUT2D eigenvalue weighted by Crippen LogP contribution is 2.21. The summed E-state index contributed by atoms with van der Waals surface area (Å²) in [6, 6.07) is 7.36. The molecule has 254 valence electrons. The fraction of sp³-hybridized carbons (Fsp3) is 0.531. The lowest BCUT2D eigenvalue weighted by atomic mass is 9.98. The molecule has 14 heteroatoms. The molecule has 2 aromatic rings. The topological polar surface area (TPSA) is 115 Å². The van der Waals surface area contributed by atoms with Gasteiger partial charge in [0.15, 0.2) is 0 Å². The molecule has 1 aliphatic rings. The van der Waals surface area contributed by atoms with Crippen LogP contribution in [0.25, 0.3) is 0 Å². The first kappa shape index (κ1) is 36.7. The molecule has 3 N–H and O–H groups in total. The van der Waals surface area contributed by atoms with Crippen molar-refractivity contribution in [3.63, 3.8) is 0 Å². The lowest BCUT2D eigenvalue weighted by Crippen LogP contribution is -2.56. The Labute approximate surface area is 264 Å². The van der Waals surface area contributed by atoms with Crippen LogP contribution in [0, 0.1) is 17.6 Å². The molecular weight excluding hydrogens is 617 g/mol. The van der Waals surface area contributed by atoms with E-state index in [1.54, 1.807) is 19.9 Å². The van der Waals surface area contributed by atoms with E-state index in [9.17, 15) is 36.3 Å². The van der Waals surface area contributed by atoms with E-state index in [2.05, 4.69) is 16.0 Å². The predicted octanol–water partition coefficient (Wildman–Crippen LogP) is 4.75. The Morgan fingerprint density at radius 1 is 1.00 bits per heavy atom. The highest BCUT2D eigenvalue weighted by atomic mass is 19.4. The van der Waals surface area contributed by atoms with Crippen molar-refractivity contribution in [2.45, 2.75) is 83.5 Å². The zero-order valence-electron chi connectivity index (χ0n) is 25.9. The Bertz CT molecular complexity index is 1300. The summed E-state index contributed by atoms with van der Waals surface area (Å²) in [7, 11) is 0. The minimum atomic E-state index is -5.36. The van der Waals surface area contributed by atoms with E-state index in [4.69, 9.17) is 14.2 Å². The Kier molecular flexibility index (Phi) is 13.7. The Morgan fingerprint density at radius 2 is 1.70 bits per heavy atom. The molecule has 1 heterocycles. The molecule has 0 aliphatic carbocycles. The molecule has 1 aliphatic heterocycles. The van der Waals surface area contributed by atoms with E-state index in [0.29, 0.717) is 19.1 Å². The van der Waals surface area contributed by atoms with E-state index in [1.165, 1.54) is 0 Å². The lowest BCUT2D eigenvalue weighted by molar-refractivity contribution is -0.206. The average molecular weight is 658 g/mol. The minimum Gasteiger partial charge on any atom is -0.452 e. The van der Waals surface area contributed by atoms with E-state index in [-0.39, 0.29) is 37.6 Å². The number of esters is 1. The maximum absolute atomic E-state index is 14.1. The van der Waals surface area contributed by atoms with Crippen LogP contribution in [0.5, 0.6) is 0 Å². The van der Waals surface area contributed by atoms with Gasteiger partial charge < -0.3 is 30.2 Å². The second-order valence-corrected chi connectivity index (χ2v) is 11.6. The highest BCUT2D eigenvalue weighted by Gasteiger charge is 2.44. The number of hydrogen-bond acceptors (Lipinski definition) is 7. The molecule has 4 atom stereocenters. The van der Waals surface area contributed by atoms with Gasteiger partial charge in [-0.15, -0.1) is 0 Å². The number of alkyl halides is 3. The summed E-state index contributed by atoms with van der Waals surface area (Å²) in [6.45, 7) is 5.96. The maximum Gasteiger partial charge on any atom is 0.490 e. The molecule has 1 fully saturated rings. The van der Waals surface area contributed by atoms with Gasteiger partial charge in [-0.3, -0.25) is 4.79 Å². The van der Waals surface area contributed by atoms with Crippen molar-refractivity contribution in [2.75, 3.05) is 19.8 Å². The highest BCUT2D eigenvalue weighted by molar-refractivity contribution is 5.86. The number of ether oxygens (including phenoxy) is 3. The second kappa shape index (κ2) is 17.2. The standard InChI is InChI=1S/C32H40F5N3O6/c1-4-20-6-5-7-21(11-20)16-38-17-28(46-30(42)32(35,36)37)26(14-22-12-23(33)15-24(34)13-22)39-29(41)27(10-19(2)3)40-31(43)45-25-8-9-44-18-25/h5-7,11-13,15,19,25-28,38H,4,8-10,14,16-18H2,1-3H3,(H,39,41)(H,40,43)/t25-,26-,27+,28+/m0/s1. The number of benzene rings is 2. The van der Waals surface area contributed by atoms with Crippen molar-refractivity contribution >= 4 is 18.0 Å². The third kappa shape index (κ3) is 12.2. The van der Waals surface area contributed by atoms with Gasteiger partial charge >= 0.3 is 18.2 Å². The molecule has 0 aromatic heterocycles. The normalized spacial score (nSPS) is 16.8. The van der Waals surface area contributed by atoms with Crippen LogP contribution < -0.4 is 16.0 Å². The summed E-state index contributed by atoms with van der Waals surface area (Å²) < 4.78 is 83.7. The number of alkyl carbamates (subject to hydrolysis) is 1. The number of halogens is 5. The molecule has 0 radical (unpaired) electrons. The Hall–Kier alpha value is -3.78. The molecule has 46 heavy (non-hydrogen) atoms. The van der Waals surface area contributed by atoms with Crippen LogP contribution in [0.4, 0.5) is 26.7 Å². The smallest absolute Gasteiger partial charge is 0.452 e. The summed E-state index contributed by atoms with van der Waals surface area (Å²) >= 11 is 0. The number of aryl methyl sites for hydroxylation is 1. The van der Waals surface area contributed by atoms with Crippen LogP contribution >= 0.6 is 0 Å². The van der Waals surface area contributed by atoms with Crippen LogP contribution in [0.15, 0.2) is 42.5 Å². The van der Waals surface area contributed by atoms with Crippen LogP contribution in [0.3, 0.4) is 0 Å². The molecule has 0 saturated carbocycles. The van der Waals surface area contributed by atoms with Gasteiger partial charge in [-0.25, -0.2) is 18.4 Å². The number of hydrogen-bond donors (Lipinski definition) is 3. The maximum atomic E-state index is 14.1. The van der Waals surface area contributed by atoms with Gasteiger partial charge in [0.25, 0.3) is 0 Å². The summed E-state index contributed by atoms with van der Waals surface area (Å²) in [5.41, 5.74) is 1.82. The fourth-order valence-electron chi connectivity index (χ4n) is 4.97. The van der Waals surface area contributed by atoms with Gasteiger partial charge in [-0.05, 0) is 54.0 Å². The molecule has 0 unspecified atom stereocenters. The van der Waals surface area contributed by atoms with Gasteiger partial charge in [0, 0.05) is 25.6 Å². The molecule has 0 spiro atoms. The predicted molar refractivity (Wildman–Crippen MR) is 158 cm³/mol. The number of rotatable bonds is 15. The quantitative estimate of drug-likeness (QED) is 0.187. The van der Waals surface area contributed by atoms with Gasteiger partial charge in [0.1, 0.15) is 29.9 Å². The largest absolute Gasteiger partial charge is 0.490 e. The first-order valence-electron chi connectivity index (χ1n) is 15.1. The number of amides is 2. The molecule has 1 saturated heterocycles. The van der Waals surface area contributed by atoms with Gasteiger partial charge in [-0.1, -0.05) is 45.0 Å². The van der Waals surface area contributed by atoms with Crippen LogP contribution in [0.2, 0.25) is 0 Å². The number of carbonyl (C=O) groups excluding carboxylic acids is 3. The fourth-order valence-corrected chi connectivity index (χ4v) is 4.97. The van der Waals surface area contributed by atoms with Gasteiger partial charge in [-0.2, -0.15) is 13.2 Å². The van der Waals surface area contributed by atoms with E-state index >= 15 is 0 Å². The number of nitrogens with one attached hydrogen (secondary N) is 3. The summed E-state index contributed by atoms with van der Waals surface area (Å²) in [5, 5.41) is 8.02. The lowest BCUT2D eigenvalue weighted by Gasteiger charge is -2.31. The molecule has 0 bridgehead atoms. The monoisotopic (exact) mass is 657 g/mol. The number of carbonyl (C=O) groups is 3. The molecule has 2 amide bonds. The van der Waals surface area contributed by atoms with Crippen molar-refractivity contribution in [1.82, 2.24) is 16.0 Å². The summed E-state index contributed by atoms with van der Waals surface area (Å²) in [4.78, 5) is 38.2. The first-order valence-corrected chi connectivity index (χ1v) is 15.1. The van der Waals surface area contributed by atoms with Crippen LogP contribution in [0.1, 0.15) is 50.3 Å². The van der Waals surface area contributed by atoms with Gasteiger partial charge in [0.05, 0.1) is 19.3 Å². The van der Waals surface area contributed by atoms with Crippen LogP contribution in [-0.2, 0) is 43.2 Å². The van der Waals surface area contributed by atoms with Crippen molar-refractivity contribution in [3.8, 4) is 0 Å². The van der Waals surface area contributed by atoms with Crippen molar-refractivity contribution < 1.29 is 50.5 Å². The van der Waals surface area contributed by atoms with Crippen molar-refractivity contribution in [2.24, 2.45) is 5.92 Å². The summed E-state index contributed by atoms with van der Waals surface area (Å²) in [6.07, 6.45) is -7.48. The van der Waals surface area contributed by atoms with Crippen molar-refractivity contribution in [3.05, 3.63) is 70.8 Å². The zero-order chi connectivity index (χ0) is 33.9. The second-order valence-electron chi connectivity index (χ2n) is 11.6. The zero-order valence-corrected chi connectivity index (χ0v) is 25.9. The SMILES string of the molecule is CCc1cccc(CNC[C@@H](OC(=O)C(F)(F)F)[C@H](Cc2cc(F)cc(F)c2)NC(=O)[C@@H](CC(C)C)NC(=O)O[C@H]2CCOC2)c1. The van der Waals surface area contributed by atoms with E-state index < -0.39 is 66.5 Å². The van der Waals surface area contributed by atoms with Crippen LogP contribution in [-0.4, -0.2) is 68.2 Å². The van der Waals surface area contributed by atoms with Crippen molar-refractivity contribution in [1.29, 1.82) is 0 Å². The summed E-state index contributed by atoms with van der Waals surface area (Å²) in [5.74, 6) is -5.34.